The molecule has 1 aliphatic rings. The molecule has 2 aromatic carbocycles. The summed E-state index contributed by atoms with van der Waals surface area (Å²) in [6, 6.07) is 7.61. The topological polar surface area (TPSA) is 75.0 Å². The molecule has 1 saturated heterocycles. The van der Waals surface area contributed by atoms with Crippen molar-refractivity contribution in [2.45, 2.75) is 0 Å². The number of nitrogens with zero attached hydrogens (tertiary/aromatic N) is 3. The Kier molecular flexibility index (Phi) is 5.79. The largest absolute Gasteiger partial charge is 0.511 e. The number of aromatic nitrogens is 1. The van der Waals surface area contributed by atoms with Crippen LogP contribution < -0.4 is 15.1 Å². The highest BCUT2D eigenvalue weighted by Crippen LogP contribution is 2.31. The lowest BCUT2D eigenvalue weighted by molar-refractivity contribution is 0.144. The van der Waals surface area contributed by atoms with Gasteiger partial charge in [0.1, 0.15) is 5.82 Å². The molecule has 2 heterocycles. The average molecular weight is 466 g/mol. The van der Waals surface area contributed by atoms with Gasteiger partial charge in [-0.25, -0.2) is 9.18 Å². The molecule has 0 spiro atoms. The number of hydrogen-bond donors (Lipinski definition) is 1. The lowest BCUT2D eigenvalue weighted by Gasteiger charge is -2.34. The molecule has 7 nitrogen and oxygen atoms in total. The van der Waals surface area contributed by atoms with Crippen molar-refractivity contribution in [1.29, 1.82) is 0 Å². The number of benzene rings is 2. The van der Waals surface area contributed by atoms with Crippen molar-refractivity contribution in [1.82, 2.24) is 9.47 Å². The first-order valence-corrected chi connectivity index (χ1v) is 10.2. The zero-order valence-corrected chi connectivity index (χ0v) is 18.0. The van der Waals surface area contributed by atoms with Crippen molar-refractivity contribution >= 4 is 45.9 Å². The molecule has 0 bridgehead atoms. The molecular formula is C21H18Cl2FN3O4. The fraction of sp³-hybridized carbons (Fsp3) is 0.238. The summed E-state index contributed by atoms with van der Waals surface area (Å²) in [6.45, 7) is 3.51. The van der Waals surface area contributed by atoms with Gasteiger partial charge in [0.05, 0.1) is 32.8 Å². The third-order valence-electron chi connectivity index (χ3n) is 5.26. The number of ether oxygens (including phenoxy) is 1. The lowest BCUT2D eigenvalue weighted by Crippen LogP contribution is -2.44. The second kappa shape index (κ2) is 8.37. The molecule has 0 atom stereocenters. The number of rotatable bonds is 3. The van der Waals surface area contributed by atoms with E-state index in [0.29, 0.717) is 10.7 Å². The minimum atomic E-state index is -1.65. The van der Waals surface area contributed by atoms with Gasteiger partial charge in [-0.2, -0.15) is 0 Å². The van der Waals surface area contributed by atoms with E-state index < -0.39 is 23.2 Å². The van der Waals surface area contributed by atoms with E-state index >= 15 is 0 Å². The Hall–Kier alpha value is -2.81. The highest BCUT2D eigenvalue weighted by Gasteiger charge is 2.19. The maximum absolute atomic E-state index is 14.0. The molecule has 1 aliphatic heterocycles. The first-order chi connectivity index (χ1) is 14.7. The number of carbonyl (C=O) groups is 1. The van der Waals surface area contributed by atoms with Gasteiger partial charge in [-0.05, 0) is 37.4 Å². The smallest absolute Gasteiger partial charge is 0.449 e. The first-order valence-electron chi connectivity index (χ1n) is 9.43. The number of hydrogen-bond acceptors (Lipinski definition) is 5. The molecule has 4 rings (SSSR count). The Bertz CT molecular complexity index is 1240. The van der Waals surface area contributed by atoms with E-state index in [1.54, 1.807) is 12.1 Å². The summed E-state index contributed by atoms with van der Waals surface area (Å²) >= 11 is 12.5. The van der Waals surface area contributed by atoms with Gasteiger partial charge in [0, 0.05) is 31.9 Å². The minimum Gasteiger partial charge on any atom is -0.449 e. The number of carboxylic acid groups (broad SMARTS) is 1. The van der Waals surface area contributed by atoms with Gasteiger partial charge in [-0.15, -0.1) is 0 Å². The molecule has 1 fully saturated rings. The molecule has 3 aromatic rings. The van der Waals surface area contributed by atoms with Crippen LogP contribution in [0.4, 0.5) is 14.9 Å². The average Bonchev–Trinajstić information content (AvgIpc) is 2.72. The first kappa shape index (κ1) is 21.4. The Labute approximate surface area is 186 Å². The third-order valence-corrected chi connectivity index (χ3v) is 5.86. The molecule has 1 aromatic heterocycles. The quantitative estimate of drug-likeness (QED) is 0.582. The van der Waals surface area contributed by atoms with Gasteiger partial charge in [-0.3, -0.25) is 4.79 Å². The monoisotopic (exact) mass is 465 g/mol. The van der Waals surface area contributed by atoms with Crippen LogP contribution >= 0.6 is 23.2 Å². The zero-order chi connectivity index (χ0) is 22.3. The van der Waals surface area contributed by atoms with Crippen molar-refractivity contribution in [2.75, 3.05) is 38.1 Å². The predicted octanol–water partition coefficient (Wildman–Crippen LogP) is 4.25. The Morgan fingerprint density at radius 1 is 1.10 bits per heavy atom. The van der Waals surface area contributed by atoms with Crippen LogP contribution in [0.25, 0.3) is 16.6 Å². The van der Waals surface area contributed by atoms with Crippen LogP contribution in [0.5, 0.6) is 5.75 Å². The molecule has 0 aliphatic carbocycles. The van der Waals surface area contributed by atoms with Crippen LogP contribution in [0.3, 0.4) is 0 Å². The van der Waals surface area contributed by atoms with Gasteiger partial charge in [0.15, 0.2) is 5.75 Å². The minimum absolute atomic E-state index is 0.0695. The van der Waals surface area contributed by atoms with Gasteiger partial charge < -0.3 is 24.2 Å². The van der Waals surface area contributed by atoms with Gasteiger partial charge in [0.2, 0.25) is 5.43 Å². The summed E-state index contributed by atoms with van der Waals surface area (Å²) in [6.07, 6.45) is -0.422. The van der Waals surface area contributed by atoms with Gasteiger partial charge >= 0.3 is 6.16 Å². The van der Waals surface area contributed by atoms with E-state index in [1.807, 2.05) is 6.07 Å². The summed E-state index contributed by atoms with van der Waals surface area (Å²) in [5.74, 6) is -1.25. The summed E-state index contributed by atoms with van der Waals surface area (Å²) < 4.78 is 20.2. The number of likely N-dealkylation sites (N-methyl/N-ethyl adjacent to an activating group) is 1. The molecule has 31 heavy (non-hydrogen) atoms. The van der Waals surface area contributed by atoms with Crippen LogP contribution in [-0.2, 0) is 0 Å². The van der Waals surface area contributed by atoms with Crippen molar-refractivity contribution < 1.29 is 19.0 Å². The van der Waals surface area contributed by atoms with E-state index in [9.17, 15) is 14.0 Å². The normalized spacial score (nSPS) is 14.8. The summed E-state index contributed by atoms with van der Waals surface area (Å²) in [5.41, 5.74) is 0.933. The summed E-state index contributed by atoms with van der Waals surface area (Å²) in [5, 5.41) is 9.22. The standard InChI is InChI=1S/C21H18Cl2FN3O4/c1-25-4-6-26(7-5-25)17-3-2-12(8-15(17)23)27-11-19(31-21(29)30)20(28)13-9-16(24)14(22)10-18(13)27/h2-3,8-11H,4-7H2,1H3,(H,29,30). The van der Waals surface area contributed by atoms with Crippen molar-refractivity contribution in [3.05, 3.63) is 62.6 Å². The number of anilines is 1. The van der Waals surface area contributed by atoms with Crippen molar-refractivity contribution in [3.63, 3.8) is 0 Å². The Balaban J connectivity index is 1.86. The molecule has 0 saturated carbocycles. The van der Waals surface area contributed by atoms with Crippen molar-refractivity contribution in [2.24, 2.45) is 0 Å². The fourth-order valence-electron chi connectivity index (χ4n) is 3.63. The SMILES string of the molecule is CN1CCN(c2ccc(-n3cc(OC(=O)O)c(=O)c4cc(F)c(Cl)cc43)cc2Cl)CC1. The molecule has 1 N–H and O–H groups in total. The number of halogens is 3. The molecule has 162 valence electrons. The van der Waals surface area contributed by atoms with E-state index in [-0.39, 0.29) is 15.9 Å². The van der Waals surface area contributed by atoms with E-state index in [1.165, 1.54) is 16.8 Å². The Morgan fingerprint density at radius 3 is 2.45 bits per heavy atom. The lowest BCUT2D eigenvalue weighted by atomic mass is 10.1. The predicted molar refractivity (Wildman–Crippen MR) is 118 cm³/mol. The van der Waals surface area contributed by atoms with Crippen LogP contribution in [0.2, 0.25) is 10.0 Å². The van der Waals surface area contributed by atoms with Crippen LogP contribution in [0.1, 0.15) is 0 Å². The molecule has 0 amide bonds. The molecular weight excluding hydrogens is 448 g/mol. The van der Waals surface area contributed by atoms with Crippen LogP contribution in [0.15, 0.2) is 41.3 Å². The number of pyridine rings is 1. The molecule has 10 heteroatoms. The van der Waals surface area contributed by atoms with Crippen LogP contribution in [0, 0.1) is 5.82 Å². The van der Waals surface area contributed by atoms with E-state index in [4.69, 9.17) is 28.3 Å². The maximum atomic E-state index is 14.0. The highest BCUT2D eigenvalue weighted by molar-refractivity contribution is 6.33. The Morgan fingerprint density at radius 2 is 1.81 bits per heavy atom. The second-order valence-corrected chi connectivity index (χ2v) is 8.08. The summed E-state index contributed by atoms with van der Waals surface area (Å²) in [7, 11) is 2.06. The summed E-state index contributed by atoms with van der Waals surface area (Å²) in [4.78, 5) is 28.1. The second-order valence-electron chi connectivity index (χ2n) is 7.27. The highest BCUT2D eigenvalue weighted by atomic mass is 35.5. The van der Waals surface area contributed by atoms with Crippen LogP contribution in [-0.4, -0.2) is 54.0 Å². The van der Waals surface area contributed by atoms with Crippen molar-refractivity contribution in [3.8, 4) is 11.4 Å². The van der Waals surface area contributed by atoms with E-state index in [0.717, 1.165) is 37.9 Å². The maximum Gasteiger partial charge on any atom is 0.511 e. The number of piperazine rings is 1. The van der Waals surface area contributed by atoms with Gasteiger partial charge in [0.25, 0.3) is 0 Å². The zero-order valence-electron chi connectivity index (χ0n) is 16.4. The van der Waals surface area contributed by atoms with Gasteiger partial charge in [-0.1, -0.05) is 23.2 Å². The third kappa shape index (κ3) is 4.19. The molecule has 0 radical (unpaired) electrons. The number of fused-ring (bicyclic) bond motifs is 1. The molecule has 0 unspecified atom stereocenters. The van der Waals surface area contributed by atoms with E-state index in [2.05, 4.69) is 21.6 Å². The fourth-order valence-corrected chi connectivity index (χ4v) is 4.08.